The lowest BCUT2D eigenvalue weighted by Gasteiger charge is -2.23. The number of aromatic nitrogens is 2. The minimum atomic E-state index is 0. The Balaban J connectivity index is 0.00000240. The fourth-order valence-corrected chi connectivity index (χ4v) is 3.79. The van der Waals surface area contributed by atoms with E-state index in [1.807, 2.05) is 48.2 Å². The highest BCUT2D eigenvalue weighted by Gasteiger charge is 2.23. The minimum Gasteiger partial charge on any atom is -0.353 e. The van der Waals surface area contributed by atoms with Crippen LogP contribution in [0.25, 0.3) is 11.0 Å². The van der Waals surface area contributed by atoms with E-state index in [2.05, 4.69) is 15.3 Å². The number of aryl methyl sites for hydroxylation is 1. The number of hydrogen-bond acceptors (Lipinski definition) is 4. The third kappa shape index (κ3) is 4.62. The molecule has 1 aliphatic rings. The lowest BCUT2D eigenvalue weighted by Crippen LogP contribution is -2.32. The third-order valence-corrected chi connectivity index (χ3v) is 5.46. The molecule has 29 heavy (non-hydrogen) atoms. The van der Waals surface area contributed by atoms with Crippen LogP contribution in [0.2, 0.25) is 5.02 Å². The molecule has 4 rings (SSSR count). The molecule has 7 heteroatoms. The van der Waals surface area contributed by atoms with E-state index in [1.54, 1.807) is 6.20 Å². The van der Waals surface area contributed by atoms with Crippen molar-refractivity contribution in [2.75, 3.05) is 18.4 Å². The lowest BCUT2D eigenvalue weighted by atomic mass is 10.1. The van der Waals surface area contributed by atoms with Gasteiger partial charge in [-0.05, 0) is 44.0 Å². The Morgan fingerprint density at radius 2 is 1.79 bits per heavy atom. The van der Waals surface area contributed by atoms with E-state index in [0.29, 0.717) is 21.9 Å². The van der Waals surface area contributed by atoms with Gasteiger partial charge in [0.15, 0.2) is 5.65 Å². The van der Waals surface area contributed by atoms with Crippen molar-refractivity contribution in [3.8, 4) is 0 Å². The molecule has 0 bridgehead atoms. The number of fused-ring (bicyclic) bond motifs is 1. The molecular formula is C22H24Cl2N4O. The summed E-state index contributed by atoms with van der Waals surface area (Å²) < 4.78 is 0. The first kappa shape index (κ1) is 21.3. The van der Waals surface area contributed by atoms with Crippen LogP contribution < -0.4 is 5.32 Å². The van der Waals surface area contributed by atoms with E-state index in [0.717, 1.165) is 42.7 Å². The molecule has 1 amide bonds. The van der Waals surface area contributed by atoms with Crippen LogP contribution >= 0.6 is 24.0 Å². The summed E-state index contributed by atoms with van der Waals surface area (Å²) in [6.45, 7) is 3.50. The highest BCUT2D eigenvalue weighted by molar-refractivity contribution is 6.33. The molecule has 0 saturated carbocycles. The van der Waals surface area contributed by atoms with E-state index < -0.39 is 0 Å². The van der Waals surface area contributed by atoms with Gasteiger partial charge in [0.25, 0.3) is 5.91 Å². The smallest absolute Gasteiger partial charge is 0.257 e. The average molecular weight is 431 g/mol. The molecule has 1 aromatic carbocycles. The number of para-hydroxylation sites is 1. The number of carbonyl (C=O) groups excluding carboxylic acids is 1. The van der Waals surface area contributed by atoms with Gasteiger partial charge in [-0.15, -0.1) is 12.4 Å². The first-order chi connectivity index (χ1) is 13.6. The van der Waals surface area contributed by atoms with E-state index in [1.165, 1.54) is 12.8 Å². The maximum atomic E-state index is 13.4. The van der Waals surface area contributed by atoms with Gasteiger partial charge in [-0.1, -0.05) is 36.6 Å². The number of rotatable bonds is 3. The van der Waals surface area contributed by atoms with Crippen LogP contribution in [0.1, 0.15) is 41.7 Å². The van der Waals surface area contributed by atoms with Gasteiger partial charge in [0.1, 0.15) is 0 Å². The Labute approximate surface area is 181 Å². The van der Waals surface area contributed by atoms with Crippen LogP contribution in [0.15, 0.2) is 42.6 Å². The van der Waals surface area contributed by atoms with Crippen molar-refractivity contribution in [3.63, 3.8) is 0 Å². The van der Waals surface area contributed by atoms with Crippen molar-refractivity contribution >= 4 is 52.3 Å². The number of hydrogen-bond donors (Lipinski definition) is 1. The number of likely N-dealkylation sites (tertiary alicyclic amines) is 1. The molecule has 0 atom stereocenters. The Bertz CT molecular complexity index is 1020. The summed E-state index contributed by atoms with van der Waals surface area (Å²) in [6, 6.07) is 11.4. The topological polar surface area (TPSA) is 58.1 Å². The van der Waals surface area contributed by atoms with Gasteiger partial charge < -0.3 is 10.2 Å². The van der Waals surface area contributed by atoms with Gasteiger partial charge in [-0.25, -0.2) is 9.97 Å². The van der Waals surface area contributed by atoms with Gasteiger partial charge in [0.2, 0.25) is 0 Å². The van der Waals surface area contributed by atoms with Crippen LogP contribution in [0.3, 0.4) is 0 Å². The Hall–Kier alpha value is -2.37. The highest BCUT2D eigenvalue weighted by Crippen LogP contribution is 2.32. The zero-order chi connectivity index (χ0) is 19.5. The van der Waals surface area contributed by atoms with Gasteiger partial charge >= 0.3 is 0 Å². The van der Waals surface area contributed by atoms with Crippen LogP contribution in [-0.2, 0) is 0 Å². The van der Waals surface area contributed by atoms with Crippen molar-refractivity contribution < 1.29 is 4.79 Å². The van der Waals surface area contributed by atoms with E-state index >= 15 is 0 Å². The Morgan fingerprint density at radius 1 is 1.07 bits per heavy atom. The Kier molecular flexibility index (Phi) is 6.93. The SMILES string of the molecule is Cc1ccc2c(Nc3ccccc3Cl)c(C(=O)N3CCCCCC3)cnc2n1.Cl. The fraction of sp³-hybridized carbons (Fsp3) is 0.318. The maximum Gasteiger partial charge on any atom is 0.257 e. The van der Waals surface area contributed by atoms with Crippen molar-refractivity contribution in [2.24, 2.45) is 0 Å². The highest BCUT2D eigenvalue weighted by atomic mass is 35.5. The second-order valence-corrected chi connectivity index (χ2v) is 7.59. The summed E-state index contributed by atoms with van der Waals surface area (Å²) in [4.78, 5) is 24.3. The third-order valence-electron chi connectivity index (χ3n) is 5.13. The quantitative estimate of drug-likeness (QED) is 0.572. The monoisotopic (exact) mass is 430 g/mol. The number of nitrogens with one attached hydrogen (secondary N) is 1. The summed E-state index contributed by atoms with van der Waals surface area (Å²) in [5, 5.41) is 4.79. The van der Waals surface area contributed by atoms with Crippen LogP contribution in [0, 0.1) is 6.92 Å². The van der Waals surface area contributed by atoms with Gasteiger partial charge in [0.05, 0.1) is 22.0 Å². The number of halogens is 2. The molecule has 3 aromatic rings. The number of benzene rings is 1. The van der Waals surface area contributed by atoms with Crippen molar-refractivity contribution in [2.45, 2.75) is 32.6 Å². The summed E-state index contributed by atoms with van der Waals surface area (Å²) >= 11 is 6.36. The first-order valence-corrected chi connectivity index (χ1v) is 10.1. The minimum absolute atomic E-state index is 0. The molecule has 0 unspecified atom stereocenters. The summed E-state index contributed by atoms with van der Waals surface area (Å²) in [6.07, 6.45) is 6.07. The molecule has 1 aliphatic heterocycles. The molecule has 5 nitrogen and oxygen atoms in total. The molecule has 0 aliphatic carbocycles. The van der Waals surface area contributed by atoms with E-state index in [4.69, 9.17) is 11.6 Å². The normalized spacial score (nSPS) is 14.2. The van der Waals surface area contributed by atoms with Gasteiger partial charge in [0, 0.05) is 30.4 Å². The van der Waals surface area contributed by atoms with E-state index in [9.17, 15) is 4.79 Å². The second kappa shape index (κ2) is 9.42. The second-order valence-electron chi connectivity index (χ2n) is 7.18. The average Bonchev–Trinajstić information content (AvgIpc) is 2.98. The number of amides is 1. The fourth-order valence-electron chi connectivity index (χ4n) is 3.61. The molecule has 1 N–H and O–H groups in total. The lowest BCUT2D eigenvalue weighted by molar-refractivity contribution is 0.0762. The van der Waals surface area contributed by atoms with Gasteiger partial charge in [-0.3, -0.25) is 4.79 Å². The van der Waals surface area contributed by atoms with Crippen LogP contribution in [0.5, 0.6) is 0 Å². The van der Waals surface area contributed by atoms with Crippen LogP contribution in [0.4, 0.5) is 11.4 Å². The number of anilines is 2. The molecule has 2 aromatic heterocycles. The van der Waals surface area contributed by atoms with Crippen molar-refractivity contribution in [1.82, 2.24) is 14.9 Å². The first-order valence-electron chi connectivity index (χ1n) is 9.70. The van der Waals surface area contributed by atoms with Gasteiger partial charge in [-0.2, -0.15) is 0 Å². The van der Waals surface area contributed by atoms with E-state index in [-0.39, 0.29) is 18.3 Å². The largest absolute Gasteiger partial charge is 0.353 e. The summed E-state index contributed by atoms with van der Waals surface area (Å²) in [7, 11) is 0. The predicted octanol–water partition coefficient (Wildman–Crippen LogP) is 5.77. The standard InChI is InChI=1S/C22H23ClN4O.ClH/c1-15-10-11-16-20(26-19-9-5-4-8-18(19)23)17(14-24-21(16)25-15)22(28)27-12-6-2-3-7-13-27;/h4-5,8-11,14H,2-3,6-7,12-13H2,1H3,(H,24,25,26);1H. The van der Waals surface area contributed by atoms with Crippen molar-refractivity contribution in [3.05, 3.63) is 58.9 Å². The van der Waals surface area contributed by atoms with Crippen molar-refractivity contribution in [1.29, 1.82) is 0 Å². The number of pyridine rings is 2. The number of carbonyl (C=O) groups is 1. The zero-order valence-corrected chi connectivity index (χ0v) is 17.9. The number of nitrogens with zero attached hydrogens (tertiary/aromatic N) is 3. The van der Waals surface area contributed by atoms with Crippen LogP contribution in [-0.4, -0.2) is 33.9 Å². The zero-order valence-electron chi connectivity index (χ0n) is 16.3. The maximum absolute atomic E-state index is 13.4. The Morgan fingerprint density at radius 3 is 2.52 bits per heavy atom. The molecule has 0 spiro atoms. The molecular weight excluding hydrogens is 407 g/mol. The molecule has 1 fully saturated rings. The molecule has 152 valence electrons. The summed E-state index contributed by atoms with van der Waals surface area (Å²) in [5.41, 5.74) is 3.51. The molecule has 0 radical (unpaired) electrons. The molecule has 3 heterocycles. The predicted molar refractivity (Wildman–Crippen MR) is 121 cm³/mol. The molecule has 1 saturated heterocycles. The summed E-state index contributed by atoms with van der Waals surface area (Å²) in [5.74, 6) is 0.00595.